The smallest absolute Gasteiger partial charge is 0.331 e. The molecule has 0 saturated heterocycles. The Hall–Kier alpha value is -1.88. The van der Waals surface area contributed by atoms with Crippen LogP contribution in [0.5, 0.6) is 0 Å². The average Bonchev–Trinajstić information content (AvgIpc) is 3.41. The monoisotopic (exact) mass is 467 g/mol. The Morgan fingerprint density at radius 1 is 1.15 bits per heavy atom. The SMILES string of the molecule is CC(C)(NC(=O)C1CC[C@H]2[C@@H]3CC=C4C=C(C(=O)O)CC[C@]4(C)[C@H]3CC[C@]12C)c1cccs1. The van der Waals surface area contributed by atoms with E-state index >= 15 is 0 Å². The molecule has 0 radical (unpaired) electrons. The molecule has 33 heavy (non-hydrogen) atoms. The molecule has 178 valence electrons. The van der Waals surface area contributed by atoms with Crippen molar-refractivity contribution >= 4 is 23.2 Å². The van der Waals surface area contributed by atoms with Crippen molar-refractivity contribution in [2.24, 2.45) is 34.5 Å². The van der Waals surface area contributed by atoms with Gasteiger partial charge in [0, 0.05) is 16.4 Å². The highest BCUT2D eigenvalue weighted by atomic mass is 32.1. The summed E-state index contributed by atoms with van der Waals surface area (Å²) in [6.07, 6.45) is 11.3. The van der Waals surface area contributed by atoms with Crippen LogP contribution in [0.1, 0.15) is 77.5 Å². The van der Waals surface area contributed by atoms with Gasteiger partial charge < -0.3 is 10.4 Å². The van der Waals surface area contributed by atoms with Crippen molar-refractivity contribution in [3.63, 3.8) is 0 Å². The van der Waals surface area contributed by atoms with Crippen LogP contribution >= 0.6 is 11.3 Å². The first-order valence-corrected chi connectivity index (χ1v) is 13.4. The third kappa shape index (κ3) is 3.53. The predicted octanol–water partition coefficient (Wildman–Crippen LogP) is 6.30. The normalized spacial score (nSPS) is 37.8. The highest BCUT2D eigenvalue weighted by molar-refractivity contribution is 7.10. The van der Waals surface area contributed by atoms with E-state index in [4.69, 9.17) is 0 Å². The van der Waals surface area contributed by atoms with Crippen LogP contribution in [0.3, 0.4) is 0 Å². The summed E-state index contributed by atoms with van der Waals surface area (Å²) in [5.74, 6) is 1.28. The fourth-order valence-corrected chi connectivity index (χ4v) is 8.82. The summed E-state index contributed by atoms with van der Waals surface area (Å²) in [6, 6.07) is 4.16. The quantitative estimate of drug-likeness (QED) is 0.546. The number of nitrogens with one attached hydrogen (secondary N) is 1. The van der Waals surface area contributed by atoms with Crippen LogP contribution < -0.4 is 5.32 Å². The number of aliphatic carboxylic acids is 1. The predicted molar refractivity (Wildman–Crippen MR) is 132 cm³/mol. The second-order valence-corrected chi connectivity index (χ2v) is 12.9. The van der Waals surface area contributed by atoms with Crippen molar-refractivity contribution in [3.05, 3.63) is 45.7 Å². The molecule has 1 aromatic rings. The summed E-state index contributed by atoms with van der Waals surface area (Å²) in [5, 5.41) is 15.0. The minimum atomic E-state index is -0.772. The van der Waals surface area contributed by atoms with Gasteiger partial charge in [-0.3, -0.25) is 4.79 Å². The lowest BCUT2D eigenvalue weighted by atomic mass is 9.48. The van der Waals surface area contributed by atoms with Gasteiger partial charge in [0.2, 0.25) is 5.91 Å². The van der Waals surface area contributed by atoms with E-state index in [-0.39, 0.29) is 28.2 Å². The molecule has 4 aliphatic rings. The Balaban J connectivity index is 1.37. The van der Waals surface area contributed by atoms with Crippen molar-refractivity contribution < 1.29 is 14.7 Å². The molecule has 5 rings (SSSR count). The van der Waals surface area contributed by atoms with Crippen molar-refractivity contribution in [1.29, 1.82) is 0 Å². The van der Waals surface area contributed by atoms with Gasteiger partial charge in [-0.2, -0.15) is 0 Å². The summed E-state index contributed by atoms with van der Waals surface area (Å²) in [7, 11) is 0. The lowest BCUT2D eigenvalue weighted by molar-refractivity contribution is -0.133. The highest BCUT2D eigenvalue weighted by Crippen LogP contribution is 2.66. The zero-order chi connectivity index (χ0) is 23.6. The number of carbonyl (C=O) groups excluding carboxylic acids is 1. The van der Waals surface area contributed by atoms with E-state index in [1.54, 1.807) is 11.3 Å². The first kappa shape index (κ1) is 22.9. The maximum atomic E-state index is 13.6. The molecule has 4 aliphatic carbocycles. The van der Waals surface area contributed by atoms with Crippen LogP contribution in [0.25, 0.3) is 0 Å². The molecule has 0 aliphatic heterocycles. The summed E-state index contributed by atoms with van der Waals surface area (Å²) < 4.78 is 0. The van der Waals surface area contributed by atoms with Crippen LogP contribution in [0.2, 0.25) is 0 Å². The van der Waals surface area contributed by atoms with Crippen LogP contribution in [-0.2, 0) is 15.1 Å². The van der Waals surface area contributed by atoms with E-state index in [2.05, 4.69) is 50.5 Å². The van der Waals surface area contributed by atoms with Gasteiger partial charge in [0.25, 0.3) is 0 Å². The van der Waals surface area contributed by atoms with Gasteiger partial charge in [0.05, 0.1) is 5.54 Å². The lowest BCUT2D eigenvalue weighted by Gasteiger charge is -2.57. The summed E-state index contributed by atoms with van der Waals surface area (Å²) in [4.78, 5) is 26.3. The van der Waals surface area contributed by atoms with E-state index in [0.717, 1.165) is 38.5 Å². The number of allylic oxidation sites excluding steroid dienone is 3. The Kier molecular flexibility index (Phi) is 5.43. The highest BCUT2D eigenvalue weighted by Gasteiger charge is 2.59. The molecule has 2 fully saturated rings. The lowest BCUT2D eigenvalue weighted by Crippen LogP contribution is -2.52. The molecule has 1 aromatic heterocycles. The van der Waals surface area contributed by atoms with Crippen LogP contribution in [-0.4, -0.2) is 17.0 Å². The van der Waals surface area contributed by atoms with Crippen LogP contribution in [0, 0.1) is 34.5 Å². The first-order chi connectivity index (χ1) is 15.6. The fraction of sp³-hybridized carbons (Fsp3) is 0.643. The van der Waals surface area contributed by atoms with Gasteiger partial charge in [-0.1, -0.05) is 26.0 Å². The van der Waals surface area contributed by atoms with E-state index in [1.807, 2.05) is 12.1 Å². The molecule has 1 amide bonds. The summed E-state index contributed by atoms with van der Waals surface area (Å²) in [6.45, 7) is 8.97. The Labute approximate surface area is 201 Å². The van der Waals surface area contributed by atoms with Gasteiger partial charge >= 0.3 is 5.97 Å². The maximum absolute atomic E-state index is 13.6. The third-order valence-electron chi connectivity index (χ3n) is 9.93. The number of carbonyl (C=O) groups is 2. The number of rotatable bonds is 4. The minimum absolute atomic E-state index is 0.0508. The topological polar surface area (TPSA) is 66.4 Å². The number of thiophene rings is 1. The second kappa shape index (κ2) is 7.83. The molecule has 1 unspecified atom stereocenters. The number of hydrogen-bond acceptors (Lipinski definition) is 3. The molecule has 0 spiro atoms. The standard InChI is InChI=1S/C28H37NO3S/c1-26(2,23-6-5-15-33-23)29-24(30)22-10-9-20-19-8-7-18-16-17(25(31)32)11-13-27(18,3)21(19)12-14-28(20,22)4/h5-7,15-16,19-22H,8-14H2,1-4H3,(H,29,30)(H,31,32)/t19-,20-,21-,22?,27-,28-/m0/s1. The largest absolute Gasteiger partial charge is 0.478 e. The third-order valence-corrected chi connectivity index (χ3v) is 11.1. The van der Waals surface area contributed by atoms with Crippen molar-refractivity contribution in [2.45, 2.75) is 78.2 Å². The van der Waals surface area contributed by atoms with Crippen LogP contribution in [0.15, 0.2) is 40.8 Å². The fourth-order valence-electron chi connectivity index (χ4n) is 8.02. The number of fused-ring (bicyclic) bond motifs is 5. The van der Waals surface area contributed by atoms with Crippen LogP contribution in [0.4, 0.5) is 0 Å². The number of amides is 1. The zero-order valence-electron chi connectivity index (χ0n) is 20.3. The first-order valence-electron chi connectivity index (χ1n) is 12.6. The maximum Gasteiger partial charge on any atom is 0.331 e. The van der Waals surface area contributed by atoms with Gasteiger partial charge in [0.1, 0.15) is 0 Å². The number of hydrogen-bond donors (Lipinski definition) is 2. The van der Waals surface area contributed by atoms with E-state index in [9.17, 15) is 14.7 Å². The summed E-state index contributed by atoms with van der Waals surface area (Å²) in [5.41, 5.74) is 1.59. The van der Waals surface area contributed by atoms with E-state index in [0.29, 0.717) is 29.7 Å². The average molecular weight is 468 g/mol. The molecule has 0 bridgehead atoms. The molecule has 0 aromatic carbocycles. The molecular weight excluding hydrogens is 430 g/mol. The van der Waals surface area contributed by atoms with Gasteiger partial charge in [-0.05, 0) is 110 Å². The molecule has 4 nitrogen and oxygen atoms in total. The van der Waals surface area contributed by atoms with Gasteiger partial charge in [-0.25, -0.2) is 4.79 Å². The zero-order valence-corrected chi connectivity index (χ0v) is 21.1. The molecule has 2 saturated carbocycles. The van der Waals surface area contributed by atoms with Gasteiger partial charge in [-0.15, -0.1) is 11.3 Å². The van der Waals surface area contributed by atoms with E-state index < -0.39 is 5.97 Å². The Morgan fingerprint density at radius 3 is 2.64 bits per heavy atom. The molecule has 5 heteroatoms. The Morgan fingerprint density at radius 2 is 1.94 bits per heavy atom. The Bertz CT molecular complexity index is 1020. The number of carboxylic acid groups (broad SMARTS) is 1. The minimum Gasteiger partial charge on any atom is -0.478 e. The van der Waals surface area contributed by atoms with Gasteiger partial charge in [0.15, 0.2) is 0 Å². The number of carboxylic acids is 1. The summed E-state index contributed by atoms with van der Waals surface area (Å²) >= 11 is 1.70. The van der Waals surface area contributed by atoms with E-state index in [1.165, 1.54) is 10.5 Å². The molecule has 2 N–H and O–H groups in total. The van der Waals surface area contributed by atoms with Crippen molar-refractivity contribution in [2.75, 3.05) is 0 Å². The molecular formula is C28H37NO3S. The molecule has 6 atom stereocenters. The second-order valence-electron chi connectivity index (χ2n) is 11.9. The molecule has 1 heterocycles. The van der Waals surface area contributed by atoms with Crippen molar-refractivity contribution in [3.8, 4) is 0 Å². The van der Waals surface area contributed by atoms with Crippen molar-refractivity contribution in [1.82, 2.24) is 5.32 Å².